The number of carbonyl (C=O) groups is 1. The molecule has 1 N–H and O–H groups in total. The summed E-state index contributed by atoms with van der Waals surface area (Å²) in [6.07, 6.45) is 12.4. The van der Waals surface area contributed by atoms with Crippen LogP contribution >= 0.6 is 0 Å². The van der Waals surface area contributed by atoms with Crippen molar-refractivity contribution in [2.24, 2.45) is 11.8 Å². The fourth-order valence-corrected chi connectivity index (χ4v) is 5.08. The summed E-state index contributed by atoms with van der Waals surface area (Å²) in [4.78, 5) is 20.1. The fraction of sp³-hybridized carbons (Fsp3) is 0.870. The zero-order valence-corrected chi connectivity index (χ0v) is 18.7. The van der Waals surface area contributed by atoms with Crippen LogP contribution in [0.4, 0.5) is 0 Å². The molecule has 164 valence electrons. The van der Waals surface area contributed by atoms with Gasteiger partial charge in [0.1, 0.15) is 5.54 Å². The Labute approximate surface area is 176 Å². The van der Waals surface area contributed by atoms with Gasteiger partial charge in [-0.3, -0.25) is 9.69 Å². The Kier molecular flexibility index (Phi) is 8.10. The quantitative estimate of drug-likeness (QED) is 0.607. The number of nitrogens with zero attached hydrogens (tertiary/aromatic N) is 3. The monoisotopic (exact) mass is 404 g/mol. The maximum absolute atomic E-state index is 13.1. The summed E-state index contributed by atoms with van der Waals surface area (Å²) in [6, 6.07) is 0. The molecule has 1 amide bonds. The summed E-state index contributed by atoms with van der Waals surface area (Å²) in [6.45, 7) is 9.11. The normalized spacial score (nSPS) is 24.1. The molecule has 6 heteroatoms. The minimum absolute atomic E-state index is 0.146. The number of aromatic nitrogens is 2. The highest BCUT2D eigenvalue weighted by atomic mass is 16.5. The standard InChI is InChI=1S/C23H40N4O2/c1-4-7-10-18-11-13-19(14-12-18)21(28)25-23(15-8-9-16-23)22-24-20(29-26-22)17-27(5-2)6-3/h18-19H,4-17H2,1-3H3,(H,25,28). The average molecular weight is 405 g/mol. The maximum atomic E-state index is 13.1. The number of unbranched alkanes of at least 4 members (excludes halogenated alkanes) is 1. The fourth-order valence-electron chi connectivity index (χ4n) is 5.08. The minimum atomic E-state index is -0.429. The first-order valence-corrected chi connectivity index (χ1v) is 12.0. The lowest BCUT2D eigenvalue weighted by atomic mass is 9.79. The lowest BCUT2D eigenvalue weighted by Crippen LogP contribution is -2.47. The Bertz CT molecular complexity index is 627. The number of carbonyl (C=O) groups excluding carboxylic acids is 1. The van der Waals surface area contributed by atoms with E-state index in [0.717, 1.165) is 57.5 Å². The minimum Gasteiger partial charge on any atom is -0.343 e. The summed E-state index contributed by atoms with van der Waals surface area (Å²) in [5.74, 6) is 2.51. The molecule has 1 heterocycles. The number of amides is 1. The Morgan fingerprint density at radius 2 is 1.83 bits per heavy atom. The van der Waals surface area contributed by atoms with Crippen LogP contribution in [0.15, 0.2) is 4.52 Å². The molecule has 0 aromatic carbocycles. The lowest BCUT2D eigenvalue weighted by Gasteiger charge is -2.32. The Hall–Kier alpha value is -1.43. The second-order valence-corrected chi connectivity index (χ2v) is 9.11. The SMILES string of the molecule is CCCCC1CCC(C(=O)NC2(c3noc(CN(CC)CC)n3)CCCC2)CC1. The molecule has 0 saturated heterocycles. The van der Waals surface area contributed by atoms with E-state index in [0.29, 0.717) is 18.3 Å². The highest BCUT2D eigenvalue weighted by Gasteiger charge is 2.42. The van der Waals surface area contributed by atoms with Crippen LogP contribution in [-0.4, -0.2) is 34.0 Å². The van der Waals surface area contributed by atoms with Crippen molar-refractivity contribution in [3.8, 4) is 0 Å². The third kappa shape index (κ3) is 5.59. The van der Waals surface area contributed by atoms with E-state index in [-0.39, 0.29) is 11.8 Å². The van der Waals surface area contributed by atoms with Crippen LogP contribution in [0.5, 0.6) is 0 Å². The zero-order valence-electron chi connectivity index (χ0n) is 18.7. The van der Waals surface area contributed by atoms with E-state index in [1.165, 1.54) is 32.1 Å². The summed E-state index contributed by atoms with van der Waals surface area (Å²) < 4.78 is 5.56. The number of nitrogens with one attached hydrogen (secondary N) is 1. The number of rotatable bonds is 10. The molecule has 0 unspecified atom stereocenters. The van der Waals surface area contributed by atoms with Crippen molar-refractivity contribution < 1.29 is 9.32 Å². The van der Waals surface area contributed by atoms with Crippen LogP contribution in [0, 0.1) is 11.8 Å². The summed E-state index contributed by atoms with van der Waals surface area (Å²) in [7, 11) is 0. The van der Waals surface area contributed by atoms with Crippen molar-refractivity contribution in [3.63, 3.8) is 0 Å². The molecule has 2 aliphatic carbocycles. The molecule has 1 aromatic heterocycles. The van der Waals surface area contributed by atoms with E-state index in [9.17, 15) is 4.79 Å². The highest BCUT2D eigenvalue weighted by Crippen LogP contribution is 2.39. The van der Waals surface area contributed by atoms with Gasteiger partial charge in [-0.15, -0.1) is 0 Å². The van der Waals surface area contributed by atoms with Gasteiger partial charge in [-0.25, -0.2) is 0 Å². The molecule has 2 aliphatic rings. The van der Waals surface area contributed by atoms with Gasteiger partial charge in [-0.05, 0) is 57.5 Å². The van der Waals surface area contributed by atoms with Crippen LogP contribution in [0.2, 0.25) is 0 Å². The van der Waals surface area contributed by atoms with Crippen molar-refractivity contribution in [1.29, 1.82) is 0 Å². The van der Waals surface area contributed by atoms with E-state index in [1.54, 1.807) is 0 Å². The smallest absolute Gasteiger partial charge is 0.240 e. The lowest BCUT2D eigenvalue weighted by molar-refractivity contribution is -0.128. The molecule has 6 nitrogen and oxygen atoms in total. The largest absolute Gasteiger partial charge is 0.343 e. The first kappa shape index (κ1) is 22.3. The highest BCUT2D eigenvalue weighted by molar-refractivity contribution is 5.79. The molecule has 0 atom stereocenters. The third-order valence-electron chi connectivity index (χ3n) is 7.15. The van der Waals surface area contributed by atoms with Crippen LogP contribution < -0.4 is 5.32 Å². The Balaban J connectivity index is 1.61. The van der Waals surface area contributed by atoms with Gasteiger partial charge in [-0.1, -0.05) is 58.0 Å². The maximum Gasteiger partial charge on any atom is 0.240 e. The molecule has 1 aromatic rings. The van der Waals surface area contributed by atoms with Crippen LogP contribution in [-0.2, 0) is 16.9 Å². The van der Waals surface area contributed by atoms with Gasteiger partial charge in [-0.2, -0.15) is 4.98 Å². The van der Waals surface area contributed by atoms with E-state index < -0.39 is 5.54 Å². The van der Waals surface area contributed by atoms with Gasteiger partial charge in [0.2, 0.25) is 11.8 Å². The predicted molar refractivity (Wildman–Crippen MR) is 114 cm³/mol. The number of hydrogen-bond acceptors (Lipinski definition) is 5. The van der Waals surface area contributed by atoms with Crippen molar-refractivity contribution in [2.45, 2.75) is 103 Å². The first-order chi connectivity index (χ1) is 14.1. The molecule has 2 saturated carbocycles. The zero-order chi connectivity index (χ0) is 20.7. The Morgan fingerprint density at radius 1 is 1.14 bits per heavy atom. The molecule has 2 fully saturated rings. The van der Waals surface area contributed by atoms with Gasteiger partial charge >= 0.3 is 0 Å². The second kappa shape index (κ2) is 10.6. The van der Waals surface area contributed by atoms with Crippen molar-refractivity contribution in [1.82, 2.24) is 20.4 Å². The third-order valence-corrected chi connectivity index (χ3v) is 7.15. The molecule has 0 radical (unpaired) electrons. The van der Waals surface area contributed by atoms with E-state index >= 15 is 0 Å². The van der Waals surface area contributed by atoms with Gasteiger partial charge in [0.15, 0.2) is 5.82 Å². The second-order valence-electron chi connectivity index (χ2n) is 9.11. The molecular weight excluding hydrogens is 364 g/mol. The number of hydrogen-bond donors (Lipinski definition) is 1. The van der Waals surface area contributed by atoms with E-state index in [1.807, 2.05) is 0 Å². The van der Waals surface area contributed by atoms with Gasteiger partial charge in [0, 0.05) is 5.92 Å². The van der Waals surface area contributed by atoms with E-state index in [4.69, 9.17) is 9.51 Å². The average Bonchev–Trinajstić information content (AvgIpc) is 3.41. The molecule has 0 bridgehead atoms. The summed E-state index contributed by atoms with van der Waals surface area (Å²) >= 11 is 0. The van der Waals surface area contributed by atoms with Crippen LogP contribution in [0.3, 0.4) is 0 Å². The molecule has 0 aliphatic heterocycles. The van der Waals surface area contributed by atoms with Crippen molar-refractivity contribution in [2.75, 3.05) is 13.1 Å². The molecule has 29 heavy (non-hydrogen) atoms. The van der Waals surface area contributed by atoms with Crippen LogP contribution in [0.25, 0.3) is 0 Å². The van der Waals surface area contributed by atoms with E-state index in [2.05, 4.69) is 36.1 Å². The topological polar surface area (TPSA) is 71.3 Å². The van der Waals surface area contributed by atoms with Crippen LogP contribution in [0.1, 0.15) is 103 Å². The molecule has 3 rings (SSSR count). The van der Waals surface area contributed by atoms with Gasteiger partial charge in [0.25, 0.3) is 0 Å². The van der Waals surface area contributed by atoms with Gasteiger partial charge in [0.05, 0.1) is 6.54 Å². The summed E-state index contributed by atoms with van der Waals surface area (Å²) in [5.41, 5.74) is -0.429. The Morgan fingerprint density at radius 3 is 2.45 bits per heavy atom. The predicted octanol–water partition coefficient (Wildman–Crippen LogP) is 4.79. The van der Waals surface area contributed by atoms with Crippen molar-refractivity contribution >= 4 is 5.91 Å². The van der Waals surface area contributed by atoms with Gasteiger partial charge < -0.3 is 9.84 Å². The van der Waals surface area contributed by atoms with Crippen molar-refractivity contribution in [3.05, 3.63) is 11.7 Å². The molecular formula is C23H40N4O2. The first-order valence-electron chi connectivity index (χ1n) is 12.0. The molecule has 0 spiro atoms. The summed E-state index contributed by atoms with van der Waals surface area (Å²) in [5, 5.41) is 7.70.